The molecule has 1 unspecified atom stereocenters. The number of fused-ring (bicyclic) bond motifs is 1. The number of carbonyl (C=O) groups excluding carboxylic acids is 2. The molecule has 4 rings (SSSR count). The number of Topliss-reactive ketones (excluding diaryl/α,β-unsaturated/α-hetero) is 1. The lowest BCUT2D eigenvalue weighted by atomic mass is 9.69. The third-order valence-corrected chi connectivity index (χ3v) is 6.35. The quantitative estimate of drug-likeness (QED) is 0.381. The topological polar surface area (TPSA) is 65.0 Å². The molecule has 0 spiro atoms. The van der Waals surface area contributed by atoms with Crippen molar-refractivity contribution in [1.82, 2.24) is 0 Å². The highest BCUT2D eigenvalue weighted by Gasteiger charge is 2.44. The number of hydrogen-bond donors (Lipinski definition) is 0. The average Bonchev–Trinajstić information content (AvgIpc) is 2.83. The number of ether oxygens (including phenoxy) is 2. The van der Waals surface area contributed by atoms with E-state index in [2.05, 4.69) is 6.92 Å². The Bertz CT molecular complexity index is 1070. The second-order valence-electron chi connectivity index (χ2n) is 8.68. The maximum Gasteiger partial charge on any atom is 0.336 e. The molecule has 172 valence electrons. The summed E-state index contributed by atoms with van der Waals surface area (Å²) in [5, 5.41) is 0. The molecule has 33 heavy (non-hydrogen) atoms. The van der Waals surface area contributed by atoms with Crippen LogP contribution in [0.25, 0.3) is 0 Å². The van der Waals surface area contributed by atoms with Crippen molar-refractivity contribution < 1.29 is 19.1 Å². The monoisotopic (exact) mass is 445 g/mol. The number of para-hydroxylation sites is 1. The molecule has 2 atom stereocenters. The molecule has 0 bridgehead atoms. The van der Waals surface area contributed by atoms with Crippen LogP contribution in [0.5, 0.6) is 5.75 Å². The number of allylic oxidation sites excluding steroid dienone is 1. The van der Waals surface area contributed by atoms with Crippen molar-refractivity contribution in [2.45, 2.75) is 58.5 Å². The van der Waals surface area contributed by atoms with Crippen LogP contribution >= 0.6 is 0 Å². The molecule has 1 aliphatic heterocycles. The molecule has 1 heterocycles. The van der Waals surface area contributed by atoms with Gasteiger partial charge in [-0.15, -0.1) is 0 Å². The molecule has 0 radical (unpaired) electrons. The van der Waals surface area contributed by atoms with Crippen molar-refractivity contribution >= 4 is 17.5 Å². The lowest BCUT2D eigenvalue weighted by Gasteiger charge is -2.36. The number of ketones is 1. The highest BCUT2D eigenvalue weighted by atomic mass is 16.5. The van der Waals surface area contributed by atoms with Crippen molar-refractivity contribution in [3.05, 3.63) is 77.0 Å². The minimum absolute atomic E-state index is 0.134. The number of carbonyl (C=O) groups is 2. The Hall–Kier alpha value is -3.21. The summed E-state index contributed by atoms with van der Waals surface area (Å²) in [7, 11) is 0. The van der Waals surface area contributed by atoms with Gasteiger partial charge in [-0.1, -0.05) is 61.9 Å². The molecule has 2 aromatic rings. The Kier molecular flexibility index (Phi) is 7.38. The van der Waals surface area contributed by atoms with Gasteiger partial charge in [0, 0.05) is 29.3 Å². The first-order valence-electron chi connectivity index (χ1n) is 11.8. The first-order chi connectivity index (χ1) is 16.1. The van der Waals surface area contributed by atoms with E-state index in [1.807, 2.05) is 61.5 Å². The van der Waals surface area contributed by atoms with Crippen LogP contribution in [0.3, 0.4) is 0 Å². The Balaban J connectivity index is 1.72. The summed E-state index contributed by atoms with van der Waals surface area (Å²) in [6, 6.07) is 17.3. The summed E-state index contributed by atoms with van der Waals surface area (Å²) in [5.41, 5.74) is 3.73. The molecular weight excluding hydrogens is 414 g/mol. The molecule has 1 saturated carbocycles. The molecule has 1 fully saturated rings. The summed E-state index contributed by atoms with van der Waals surface area (Å²) in [6.07, 6.45) is 4.05. The summed E-state index contributed by atoms with van der Waals surface area (Å²) in [5.74, 6) is -0.471. The fourth-order valence-corrected chi connectivity index (χ4v) is 4.72. The molecule has 0 amide bonds. The van der Waals surface area contributed by atoms with Gasteiger partial charge in [0.2, 0.25) is 0 Å². The second-order valence-corrected chi connectivity index (χ2v) is 8.68. The maximum absolute atomic E-state index is 13.4. The van der Waals surface area contributed by atoms with Gasteiger partial charge in [0.25, 0.3) is 0 Å². The zero-order valence-corrected chi connectivity index (χ0v) is 19.4. The van der Waals surface area contributed by atoms with Crippen LogP contribution in [0.15, 0.2) is 70.9 Å². The third kappa shape index (κ3) is 5.08. The fraction of sp³-hybridized carbons (Fsp3) is 0.393. The van der Waals surface area contributed by atoms with Gasteiger partial charge in [-0.25, -0.2) is 4.79 Å². The van der Waals surface area contributed by atoms with E-state index in [-0.39, 0.29) is 12.4 Å². The highest BCUT2D eigenvalue weighted by Crippen LogP contribution is 2.45. The Morgan fingerprint density at radius 1 is 1.03 bits per heavy atom. The Labute approximate surface area is 195 Å². The summed E-state index contributed by atoms with van der Waals surface area (Å²) < 4.78 is 11.8. The van der Waals surface area contributed by atoms with Crippen molar-refractivity contribution in [2.24, 2.45) is 10.9 Å². The number of benzene rings is 2. The highest BCUT2D eigenvalue weighted by molar-refractivity contribution is 6.11. The SMILES string of the molecule is CCCCOc1ccccc1[C@H]1C(C(=O)OCc2ccccc2)=C(C)N=C2CCCC(=O)C21. The predicted molar refractivity (Wildman–Crippen MR) is 128 cm³/mol. The smallest absolute Gasteiger partial charge is 0.336 e. The second kappa shape index (κ2) is 10.6. The molecule has 0 N–H and O–H groups in total. The zero-order valence-electron chi connectivity index (χ0n) is 19.4. The Morgan fingerprint density at radius 3 is 2.58 bits per heavy atom. The van der Waals surface area contributed by atoms with E-state index >= 15 is 0 Å². The zero-order chi connectivity index (χ0) is 23.2. The van der Waals surface area contributed by atoms with E-state index in [0.29, 0.717) is 24.3 Å². The largest absolute Gasteiger partial charge is 0.493 e. The van der Waals surface area contributed by atoms with Crippen LogP contribution in [-0.4, -0.2) is 24.1 Å². The van der Waals surface area contributed by atoms with Gasteiger partial charge < -0.3 is 9.47 Å². The van der Waals surface area contributed by atoms with Crippen LogP contribution in [0, 0.1) is 5.92 Å². The molecule has 2 aliphatic rings. The normalized spacial score (nSPS) is 20.2. The predicted octanol–water partition coefficient (Wildman–Crippen LogP) is 5.79. The number of hydrogen-bond acceptors (Lipinski definition) is 5. The molecule has 0 saturated heterocycles. The maximum atomic E-state index is 13.4. The number of nitrogens with zero attached hydrogens (tertiary/aromatic N) is 1. The molecule has 5 heteroatoms. The summed E-state index contributed by atoms with van der Waals surface area (Å²) >= 11 is 0. The number of aliphatic imine (C=N–C) groups is 1. The van der Waals surface area contributed by atoms with Gasteiger partial charge in [-0.2, -0.15) is 0 Å². The van der Waals surface area contributed by atoms with Crippen molar-refractivity contribution in [2.75, 3.05) is 6.61 Å². The van der Waals surface area contributed by atoms with E-state index in [0.717, 1.165) is 48.3 Å². The minimum Gasteiger partial charge on any atom is -0.493 e. The standard InChI is InChI=1S/C28H31NO4/c1-3-4-17-32-24-16-9-8-13-21(24)26-25(28(31)33-18-20-11-6-5-7-12-20)19(2)29-22-14-10-15-23(30)27(22)26/h5-9,11-13,16,26-27H,3-4,10,14-15,17-18H2,1-2H3/t26-,27?/m0/s1. The van der Waals surface area contributed by atoms with E-state index < -0.39 is 17.8 Å². The van der Waals surface area contributed by atoms with E-state index in [1.54, 1.807) is 0 Å². The van der Waals surface area contributed by atoms with Crippen molar-refractivity contribution in [3.63, 3.8) is 0 Å². The third-order valence-electron chi connectivity index (χ3n) is 6.35. The van der Waals surface area contributed by atoms with Gasteiger partial charge in [-0.3, -0.25) is 9.79 Å². The van der Waals surface area contributed by atoms with Gasteiger partial charge >= 0.3 is 5.97 Å². The Morgan fingerprint density at radius 2 is 1.79 bits per heavy atom. The molecule has 2 aromatic carbocycles. The van der Waals surface area contributed by atoms with Gasteiger partial charge in [0.05, 0.1) is 18.1 Å². The number of rotatable bonds is 8. The van der Waals surface area contributed by atoms with Crippen molar-refractivity contribution in [3.8, 4) is 5.75 Å². The van der Waals surface area contributed by atoms with Crippen LogP contribution < -0.4 is 4.74 Å². The van der Waals surface area contributed by atoms with Crippen LogP contribution in [0.4, 0.5) is 0 Å². The van der Waals surface area contributed by atoms with E-state index in [9.17, 15) is 9.59 Å². The lowest BCUT2D eigenvalue weighted by Crippen LogP contribution is -2.39. The minimum atomic E-state index is -0.452. The molecule has 5 nitrogen and oxygen atoms in total. The molecule has 0 aromatic heterocycles. The van der Waals surface area contributed by atoms with Crippen LogP contribution in [-0.2, 0) is 20.9 Å². The van der Waals surface area contributed by atoms with Crippen molar-refractivity contribution in [1.29, 1.82) is 0 Å². The van der Waals surface area contributed by atoms with E-state index in [1.165, 1.54) is 0 Å². The number of esters is 1. The first kappa shape index (κ1) is 23.0. The number of unbranched alkanes of at least 4 members (excludes halogenated alkanes) is 1. The molecule has 1 aliphatic carbocycles. The van der Waals surface area contributed by atoms with Gasteiger partial charge in [-0.05, 0) is 37.8 Å². The molecular formula is C28H31NO4. The summed E-state index contributed by atoms with van der Waals surface area (Å²) in [4.78, 5) is 31.3. The van der Waals surface area contributed by atoms with Gasteiger partial charge in [0.15, 0.2) is 0 Å². The average molecular weight is 446 g/mol. The van der Waals surface area contributed by atoms with Crippen LogP contribution in [0.2, 0.25) is 0 Å². The first-order valence-corrected chi connectivity index (χ1v) is 11.8. The van der Waals surface area contributed by atoms with E-state index in [4.69, 9.17) is 14.5 Å². The van der Waals surface area contributed by atoms with Gasteiger partial charge in [0.1, 0.15) is 18.1 Å². The fourth-order valence-electron chi connectivity index (χ4n) is 4.72. The summed E-state index contributed by atoms with van der Waals surface area (Å²) in [6.45, 7) is 4.73. The lowest BCUT2D eigenvalue weighted by molar-refractivity contribution is -0.140. The van der Waals surface area contributed by atoms with Crippen LogP contribution in [0.1, 0.15) is 63.0 Å².